The zero-order valence-electron chi connectivity index (χ0n) is 8.02. The summed E-state index contributed by atoms with van der Waals surface area (Å²) in [7, 11) is 0. The third-order valence-electron chi connectivity index (χ3n) is 3.00. The summed E-state index contributed by atoms with van der Waals surface area (Å²) in [5.74, 6) is 1.90. The number of halogens is 1. The van der Waals surface area contributed by atoms with Gasteiger partial charge in [-0.15, -0.1) is 0 Å². The van der Waals surface area contributed by atoms with Crippen LogP contribution in [-0.4, -0.2) is 13.2 Å². The SMILES string of the molecule is Cc1c2c(c(Cl)c3c1OCC3)OCC2. The van der Waals surface area contributed by atoms with Gasteiger partial charge in [-0.3, -0.25) is 0 Å². The summed E-state index contributed by atoms with van der Waals surface area (Å²) in [6, 6.07) is 0. The van der Waals surface area contributed by atoms with Gasteiger partial charge in [-0.2, -0.15) is 0 Å². The molecule has 3 heteroatoms. The maximum atomic E-state index is 6.27. The molecule has 0 spiro atoms. The van der Waals surface area contributed by atoms with Crippen LogP contribution in [0, 0.1) is 6.92 Å². The molecule has 2 nitrogen and oxygen atoms in total. The number of hydrogen-bond acceptors (Lipinski definition) is 2. The van der Waals surface area contributed by atoms with Crippen LogP contribution < -0.4 is 9.47 Å². The van der Waals surface area contributed by atoms with Gasteiger partial charge in [0.25, 0.3) is 0 Å². The van der Waals surface area contributed by atoms with E-state index in [1.165, 1.54) is 11.1 Å². The molecule has 0 aliphatic carbocycles. The summed E-state index contributed by atoms with van der Waals surface area (Å²) in [6.45, 7) is 3.59. The van der Waals surface area contributed by atoms with E-state index in [1.807, 2.05) is 0 Å². The summed E-state index contributed by atoms with van der Waals surface area (Å²) in [4.78, 5) is 0. The Labute approximate surface area is 87.8 Å². The number of ether oxygens (including phenoxy) is 2. The molecule has 0 radical (unpaired) electrons. The van der Waals surface area contributed by atoms with Gasteiger partial charge in [0.05, 0.1) is 18.2 Å². The minimum absolute atomic E-state index is 0.749. The molecule has 0 N–H and O–H groups in total. The molecule has 1 aromatic carbocycles. The topological polar surface area (TPSA) is 18.5 Å². The van der Waals surface area contributed by atoms with E-state index in [0.29, 0.717) is 0 Å². The van der Waals surface area contributed by atoms with Gasteiger partial charge < -0.3 is 9.47 Å². The van der Waals surface area contributed by atoms with Gasteiger partial charge >= 0.3 is 0 Å². The largest absolute Gasteiger partial charge is 0.493 e. The van der Waals surface area contributed by atoms with Crippen molar-refractivity contribution >= 4 is 11.6 Å². The first-order valence-electron chi connectivity index (χ1n) is 4.88. The van der Waals surface area contributed by atoms with Crippen molar-refractivity contribution in [2.24, 2.45) is 0 Å². The van der Waals surface area contributed by atoms with Crippen LogP contribution in [0.2, 0.25) is 5.02 Å². The summed E-state index contributed by atoms with van der Waals surface area (Å²) >= 11 is 6.27. The van der Waals surface area contributed by atoms with E-state index in [-0.39, 0.29) is 0 Å². The summed E-state index contributed by atoms with van der Waals surface area (Å²) in [5.41, 5.74) is 3.58. The Bertz CT molecular complexity index is 340. The lowest BCUT2D eigenvalue weighted by Crippen LogP contribution is -1.91. The lowest BCUT2D eigenvalue weighted by Gasteiger charge is -2.10. The van der Waals surface area contributed by atoms with E-state index >= 15 is 0 Å². The van der Waals surface area contributed by atoms with Crippen molar-refractivity contribution in [3.05, 3.63) is 21.7 Å². The molecule has 3 rings (SSSR count). The lowest BCUT2D eigenvalue weighted by atomic mass is 10.0. The fourth-order valence-electron chi connectivity index (χ4n) is 2.28. The first-order chi connectivity index (χ1) is 6.79. The monoisotopic (exact) mass is 210 g/mol. The van der Waals surface area contributed by atoms with Crippen LogP contribution in [0.15, 0.2) is 0 Å². The van der Waals surface area contributed by atoms with Gasteiger partial charge in [0.1, 0.15) is 11.5 Å². The molecule has 2 heterocycles. The Balaban J connectivity index is 2.33. The number of benzene rings is 1. The molecule has 0 saturated carbocycles. The van der Waals surface area contributed by atoms with Crippen molar-refractivity contribution in [2.75, 3.05) is 13.2 Å². The molecule has 74 valence electrons. The second-order valence-corrected chi connectivity index (χ2v) is 4.13. The van der Waals surface area contributed by atoms with E-state index < -0.39 is 0 Å². The second-order valence-electron chi connectivity index (χ2n) is 3.75. The van der Waals surface area contributed by atoms with Crippen molar-refractivity contribution in [2.45, 2.75) is 19.8 Å². The summed E-state index contributed by atoms with van der Waals surface area (Å²) in [6.07, 6.45) is 1.86. The molecule has 0 unspecified atom stereocenters. The first-order valence-corrected chi connectivity index (χ1v) is 5.26. The molecule has 14 heavy (non-hydrogen) atoms. The Morgan fingerprint density at radius 2 is 1.64 bits per heavy atom. The minimum atomic E-state index is 0.749. The van der Waals surface area contributed by atoms with Gasteiger partial charge in [0.2, 0.25) is 0 Å². The van der Waals surface area contributed by atoms with Gasteiger partial charge in [0.15, 0.2) is 0 Å². The molecular weight excluding hydrogens is 200 g/mol. The molecule has 0 atom stereocenters. The predicted octanol–water partition coefficient (Wildman–Crippen LogP) is 2.52. The molecule has 1 aromatic rings. The van der Waals surface area contributed by atoms with Crippen LogP contribution in [0.5, 0.6) is 11.5 Å². The molecule has 0 fully saturated rings. The van der Waals surface area contributed by atoms with Crippen LogP contribution in [-0.2, 0) is 12.8 Å². The van der Waals surface area contributed by atoms with Crippen molar-refractivity contribution in [3.63, 3.8) is 0 Å². The van der Waals surface area contributed by atoms with E-state index in [9.17, 15) is 0 Å². The highest BCUT2D eigenvalue weighted by atomic mass is 35.5. The van der Waals surface area contributed by atoms with Crippen molar-refractivity contribution in [1.29, 1.82) is 0 Å². The highest BCUT2D eigenvalue weighted by Gasteiger charge is 2.28. The molecule has 0 bridgehead atoms. The smallest absolute Gasteiger partial charge is 0.142 e. The van der Waals surface area contributed by atoms with Crippen LogP contribution in [0.1, 0.15) is 16.7 Å². The number of hydrogen-bond donors (Lipinski definition) is 0. The average molecular weight is 211 g/mol. The first kappa shape index (κ1) is 8.42. The second kappa shape index (κ2) is 2.80. The van der Waals surface area contributed by atoms with Crippen molar-refractivity contribution in [1.82, 2.24) is 0 Å². The predicted molar refractivity (Wildman–Crippen MR) is 54.6 cm³/mol. The molecule has 0 amide bonds. The van der Waals surface area contributed by atoms with Crippen molar-refractivity contribution < 1.29 is 9.47 Å². The highest BCUT2D eigenvalue weighted by molar-refractivity contribution is 6.33. The normalized spacial score (nSPS) is 17.3. The molecule has 0 aromatic heterocycles. The number of fused-ring (bicyclic) bond motifs is 2. The van der Waals surface area contributed by atoms with Gasteiger partial charge in [0, 0.05) is 24.0 Å². The maximum Gasteiger partial charge on any atom is 0.142 e. The van der Waals surface area contributed by atoms with Crippen LogP contribution in [0.4, 0.5) is 0 Å². The average Bonchev–Trinajstić information content (AvgIpc) is 2.82. The number of rotatable bonds is 0. The van der Waals surface area contributed by atoms with Crippen molar-refractivity contribution in [3.8, 4) is 11.5 Å². The quantitative estimate of drug-likeness (QED) is 0.655. The van der Waals surface area contributed by atoms with Crippen LogP contribution >= 0.6 is 11.6 Å². The van der Waals surface area contributed by atoms with E-state index in [1.54, 1.807) is 0 Å². The van der Waals surface area contributed by atoms with Crippen LogP contribution in [0.25, 0.3) is 0 Å². The molecular formula is C11H11ClO2. The van der Waals surface area contributed by atoms with Crippen LogP contribution in [0.3, 0.4) is 0 Å². The zero-order valence-corrected chi connectivity index (χ0v) is 8.78. The molecule has 0 saturated heterocycles. The molecule has 2 aliphatic heterocycles. The lowest BCUT2D eigenvalue weighted by molar-refractivity contribution is 0.354. The third-order valence-corrected chi connectivity index (χ3v) is 3.40. The highest BCUT2D eigenvalue weighted by Crippen LogP contribution is 2.46. The van der Waals surface area contributed by atoms with Gasteiger partial charge in [-0.25, -0.2) is 0 Å². The fraction of sp³-hybridized carbons (Fsp3) is 0.455. The van der Waals surface area contributed by atoms with Gasteiger partial charge in [-0.1, -0.05) is 11.6 Å². The van der Waals surface area contributed by atoms with E-state index in [4.69, 9.17) is 21.1 Å². The Kier molecular flexibility index (Phi) is 1.68. The summed E-state index contributed by atoms with van der Waals surface area (Å²) < 4.78 is 11.1. The summed E-state index contributed by atoms with van der Waals surface area (Å²) in [5, 5.41) is 0.774. The maximum absolute atomic E-state index is 6.27. The van der Waals surface area contributed by atoms with E-state index in [0.717, 1.165) is 48.1 Å². The standard InChI is InChI=1S/C11H11ClO2/c1-6-7-2-4-14-11(7)9(12)8-3-5-13-10(6)8/h2-5H2,1H3. The fourth-order valence-corrected chi connectivity index (χ4v) is 2.63. The Hall–Kier alpha value is -0.890. The van der Waals surface area contributed by atoms with E-state index in [2.05, 4.69) is 6.92 Å². The minimum Gasteiger partial charge on any atom is -0.493 e. The third kappa shape index (κ3) is 0.921. The molecule has 2 aliphatic rings. The Morgan fingerprint density at radius 1 is 1.00 bits per heavy atom. The van der Waals surface area contributed by atoms with Gasteiger partial charge in [-0.05, 0) is 12.5 Å². The zero-order chi connectivity index (χ0) is 9.71. The Morgan fingerprint density at radius 3 is 2.43 bits per heavy atom.